The Morgan fingerprint density at radius 1 is 1.20 bits per heavy atom. The average molecular weight is 356 g/mol. The van der Waals surface area contributed by atoms with Gasteiger partial charge in [0.2, 0.25) is 5.91 Å². The topological polar surface area (TPSA) is 77.3 Å². The molecule has 2 aromatic carbocycles. The lowest BCUT2D eigenvalue weighted by Crippen LogP contribution is -2.28. The zero-order valence-corrected chi connectivity index (χ0v) is 14.2. The van der Waals surface area contributed by atoms with Crippen molar-refractivity contribution >= 4 is 28.5 Å². The summed E-state index contributed by atoms with van der Waals surface area (Å²) in [5.41, 5.74) is 1.52. The minimum absolute atomic E-state index is 0.109. The standard InChI is InChI=1S/C18H17FN4OS/c19-15-7-4-8-16(11-15)23-18(22-13-20)25-12-17(24)21-10-9-14-5-2-1-3-6-14/h1-8,11H,9-10,12H2,(H,21,24)(H,22,23). The number of hydrogen-bond acceptors (Lipinski definition) is 4. The van der Waals surface area contributed by atoms with Gasteiger partial charge in [0.05, 0.1) is 11.4 Å². The predicted octanol–water partition coefficient (Wildman–Crippen LogP) is 2.98. The summed E-state index contributed by atoms with van der Waals surface area (Å²) in [6.07, 6.45) is 2.51. The Hall–Kier alpha value is -2.85. The molecule has 0 atom stereocenters. The first-order chi connectivity index (χ1) is 12.2. The van der Waals surface area contributed by atoms with Gasteiger partial charge in [-0.1, -0.05) is 48.2 Å². The van der Waals surface area contributed by atoms with Gasteiger partial charge < -0.3 is 5.32 Å². The van der Waals surface area contributed by atoms with Crippen LogP contribution in [0.25, 0.3) is 0 Å². The minimum Gasteiger partial charge on any atom is -0.355 e. The third-order valence-corrected chi connectivity index (χ3v) is 3.99. The van der Waals surface area contributed by atoms with E-state index < -0.39 is 5.82 Å². The van der Waals surface area contributed by atoms with Crippen LogP contribution in [0.4, 0.5) is 10.1 Å². The van der Waals surface area contributed by atoms with E-state index in [2.05, 4.69) is 15.6 Å². The summed E-state index contributed by atoms with van der Waals surface area (Å²) in [5, 5.41) is 14.2. The molecule has 7 heteroatoms. The zero-order valence-electron chi connectivity index (χ0n) is 13.4. The summed E-state index contributed by atoms with van der Waals surface area (Å²) in [7, 11) is 0. The van der Waals surface area contributed by atoms with Gasteiger partial charge in [-0.15, -0.1) is 0 Å². The van der Waals surface area contributed by atoms with Gasteiger partial charge in [0, 0.05) is 6.54 Å². The number of thioether (sulfide) groups is 1. The van der Waals surface area contributed by atoms with Crippen LogP contribution in [0.1, 0.15) is 5.56 Å². The van der Waals surface area contributed by atoms with Crippen molar-refractivity contribution in [3.8, 4) is 6.19 Å². The van der Waals surface area contributed by atoms with Gasteiger partial charge in [0.25, 0.3) is 0 Å². The van der Waals surface area contributed by atoms with Gasteiger partial charge in [-0.25, -0.2) is 9.38 Å². The monoisotopic (exact) mass is 356 g/mol. The maximum Gasteiger partial charge on any atom is 0.230 e. The highest BCUT2D eigenvalue weighted by Crippen LogP contribution is 2.15. The molecule has 0 aromatic heterocycles. The number of aliphatic imine (C=N–C) groups is 1. The zero-order chi connectivity index (χ0) is 17.9. The molecule has 0 saturated heterocycles. The molecule has 0 aliphatic rings. The summed E-state index contributed by atoms with van der Waals surface area (Å²) >= 11 is 1.08. The molecule has 1 amide bonds. The number of amides is 1. The number of carbonyl (C=O) groups is 1. The van der Waals surface area contributed by atoms with Crippen molar-refractivity contribution < 1.29 is 9.18 Å². The molecular weight excluding hydrogens is 339 g/mol. The molecule has 0 heterocycles. The lowest BCUT2D eigenvalue weighted by molar-refractivity contribution is -0.118. The van der Waals surface area contributed by atoms with E-state index in [0.29, 0.717) is 12.2 Å². The van der Waals surface area contributed by atoms with Crippen LogP contribution in [0.3, 0.4) is 0 Å². The van der Waals surface area contributed by atoms with Crippen molar-refractivity contribution in [1.29, 1.82) is 5.26 Å². The van der Waals surface area contributed by atoms with Crippen molar-refractivity contribution in [3.63, 3.8) is 0 Å². The van der Waals surface area contributed by atoms with Crippen LogP contribution in [0.5, 0.6) is 0 Å². The highest BCUT2D eigenvalue weighted by molar-refractivity contribution is 8.14. The molecule has 0 unspecified atom stereocenters. The Kier molecular flexibility index (Phi) is 7.47. The quantitative estimate of drug-likeness (QED) is 0.361. The molecule has 2 rings (SSSR count). The number of nitrogens with one attached hydrogen (secondary N) is 2. The average Bonchev–Trinajstić information content (AvgIpc) is 2.61. The Morgan fingerprint density at radius 3 is 2.72 bits per heavy atom. The number of benzene rings is 2. The first-order valence-electron chi connectivity index (χ1n) is 7.60. The van der Waals surface area contributed by atoms with Crippen LogP contribution in [0.2, 0.25) is 0 Å². The SMILES string of the molecule is N#CNC(=Nc1cccc(F)c1)SCC(=O)NCCc1ccccc1. The molecule has 0 fully saturated rings. The van der Waals surface area contributed by atoms with E-state index in [4.69, 9.17) is 5.26 Å². The number of carbonyl (C=O) groups excluding carboxylic acids is 1. The summed E-state index contributed by atoms with van der Waals surface area (Å²) < 4.78 is 13.2. The molecule has 0 saturated carbocycles. The first kappa shape index (κ1) is 18.5. The third-order valence-electron chi connectivity index (χ3n) is 3.12. The maximum absolute atomic E-state index is 13.2. The van der Waals surface area contributed by atoms with Crippen molar-refractivity contribution in [2.75, 3.05) is 12.3 Å². The Morgan fingerprint density at radius 2 is 2.00 bits per heavy atom. The fourth-order valence-corrected chi connectivity index (χ4v) is 2.64. The number of halogens is 1. The smallest absolute Gasteiger partial charge is 0.230 e. The third kappa shape index (κ3) is 7.06. The van der Waals surface area contributed by atoms with E-state index in [0.717, 1.165) is 23.7 Å². The Bertz CT molecular complexity index is 774. The number of rotatable bonds is 6. The summed E-state index contributed by atoms with van der Waals surface area (Å²) in [6.45, 7) is 0.533. The van der Waals surface area contributed by atoms with Crippen molar-refractivity contribution in [2.24, 2.45) is 4.99 Å². The van der Waals surface area contributed by atoms with Gasteiger partial charge in [-0.3, -0.25) is 10.1 Å². The number of nitriles is 1. The number of amidine groups is 1. The van der Waals surface area contributed by atoms with Crippen LogP contribution in [-0.4, -0.2) is 23.4 Å². The van der Waals surface area contributed by atoms with Crippen molar-refractivity contribution in [3.05, 3.63) is 66.0 Å². The number of hydrogen-bond donors (Lipinski definition) is 2. The molecular formula is C18H17FN4OS. The summed E-state index contributed by atoms with van der Waals surface area (Å²) in [5.74, 6) is -0.466. The molecule has 5 nitrogen and oxygen atoms in total. The second-order valence-electron chi connectivity index (χ2n) is 5.01. The van der Waals surface area contributed by atoms with Crippen molar-refractivity contribution in [2.45, 2.75) is 6.42 Å². The number of nitrogens with zero attached hydrogens (tertiary/aromatic N) is 2. The highest BCUT2D eigenvalue weighted by atomic mass is 32.2. The Balaban J connectivity index is 1.82. The van der Waals surface area contributed by atoms with Crippen LogP contribution >= 0.6 is 11.8 Å². The summed E-state index contributed by atoms with van der Waals surface area (Å²) in [4.78, 5) is 16.0. The fraction of sp³-hybridized carbons (Fsp3) is 0.167. The van der Waals surface area contributed by atoms with Gasteiger partial charge in [-0.05, 0) is 30.2 Å². The predicted molar refractivity (Wildman–Crippen MR) is 97.9 cm³/mol. The molecule has 2 aromatic rings. The molecule has 128 valence electrons. The van der Waals surface area contributed by atoms with E-state index in [-0.39, 0.29) is 16.8 Å². The van der Waals surface area contributed by atoms with E-state index >= 15 is 0 Å². The molecule has 0 aliphatic carbocycles. The first-order valence-corrected chi connectivity index (χ1v) is 8.59. The second kappa shape index (κ2) is 10.1. The largest absolute Gasteiger partial charge is 0.355 e. The molecule has 2 N–H and O–H groups in total. The van der Waals surface area contributed by atoms with E-state index in [1.54, 1.807) is 12.3 Å². The van der Waals surface area contributed by atoms with Crippen molar-refractivity contribution in [1.82, 2.24) is 10.6 Å². The Labute approximate surface area is 150 Å². The minimum atomic E-state index is -0.416. The molecule has 0 aliphatic heterocycles. The molecule has 25 heavy (non-hydrogen) atoms. The normalized spacial score (nSPS) is 10.8. The van der Waals surface area contributed by atoms with E-state index in [1.807, 2.05) is 30.3 Å². The fourth-order valence-electron chi connectivity index (χ4n) is 1.98. The molecule has 0 spiro atoms. The lowest BCUT2D eigenvalue weighted by atomic mass is 10.1. The highest BCUT2D eigenvalue weighted by Gasteiger charge is 2.06. The van der Waals surface area contributed by atoms with Crippen LogP contribution in [0, 0.1) is 17.3 Å². The van der Waals surface area contributed by atoms with E-state index in [1.165, 1.54) is 18.2 Å². The van der Waals surface area contributed by atoms with Gasteiger partial charge in [0.1, 0.15) is 5.82 Å². The van der Waals surface area contributed by atoms with Gasteiger partial charge >= 0.3 is 0 Å². The second-order valence-corrected chi connectivity index (χ2v) is 5.97. The van der Waals surface area contributed by atoms with Crippen LogP contribution < -0.4 is 10.6 Å². The van der Waals surface area contributed by atoms with Crippen LogP contribution in [-0.2, 0) is 11.2 Å². The molecule has 0 bridgehead atoms. The van der Waals surface area contributed by atoms with E-state index in [9.17, 15) is 9.18 Å². The van der Waals surface area contributed by atoms with Gasteiger partial charge in [0.15, 0.2) is 11.4 Å². The lowest BCUT2D eigenvalue weighted by Gasteiger charge is -2.06. The summed E-state index contributed by atoms with van der Waals surface area (Å²) in [6, 6.07) is 15.6. The molecule has 0 radical (unpaired) electrons. The maximum atomic E-state index is 13.2. The van der Waals surface area contributed by atoms with Crippen LogP contribution in [0.15, 0.2) is 59.6 Å². The van der Waals surface area contributed by atoms with Gasteiger partial charge in [-0.2, -0.15) is 5.26 Å².